The van der Waals surface area contributed by atoms with Gasteiger partial charge in [0.15, 0.2) is 0 Å². The molecular formula is C21H19N3O. The van der Waals surface area contributed by atoms with Crippen molar-refractivity contribution in [3.8, 4) is 0 Å². The lowest BCUT2D eigenvalue weighted by Gasteiger charge is -2.06. The standard InChI is InChI=1S/C21H19N3O/c1-2-7-17(8-3-1)9-6-13-25-14-12-24-16-23-20-15-22-19-11-5-4-10-18(19)21(20)24/h1-11,15-16H,12-14H2/b9-6+. The second-order valence-corrected chi connectivity index (χ2v) is 5.84. The third-order valence-corrected chi connectivity index (χ3v) is 4.15. The maximum Gasteiger partial charge on any atom is 0.107 e. The lowest BCUT2D eigenvalue weighted by Crippen LogP contribution is -2.05. The number of imidazole rings is 1. The van der Waals surface area contributed by atoms with E-state index in [4.69, 9.17) is 4.74 Å². The van der Waals surface area contributed by atoms with E-state index in [-0.39, 0.29) is 0 Å². The van der Waals surface area contributed by atoms with Crippen LogP contribution < -0.4 is 0 Å². The SMILES string of the molecule is C(=C\c1ccccc1)/COCCn1cnc2cnc3ccccc3c21. The topological polar surface area (TPSA) is 39.9 Å². The van der Waals surface area contributed by atoms with Crippen molar-refractivity contribution in [2.45, 2.75) is 6.54 Å². The molecule has 0 spiro atoms. The first-order chi connectivity index (χ1) is 12.4. The summed E-state index contributed by atoms with van der Waals surface area (Å²) < 4.78 is 7.88. The lowest BCUT2D eigenvalue weighted by molar-refractivity contribution is 0.154. The molecule has 25 heavy (non-hydrogen) atoms. The number of hydrogen-bond acceptors (Lipinski definition) is 3. The molecule has 0 bridgehead atoms. The summed E-state index contributed by atoms with van der Waals surface area (Å²) in [6.45, 7) is 2.01. The minimum Gasteiger partial charge on any atom is -0.376 e. The van der Waals surface area contributed by atoms with Crippen LogP contribution in [0.25, 0.3) is 28.0 Å². The van der Waals surface area contributed by atoms with Gasteiger partial charge in [-0.05, 0) is 11.6 Å². The van der Waals surface area contributed by atoms with Gasteiger partial charge in [0, 0.05) is 11.9 Å². The van der Waals surface area contributed by atoms with Gasteiger partial charge in [0.25, 0.3) is 0 Å². The van der Waals surface area contributed by atoms with Crippen LogP contribution in [0, 0.1) is 0 Å². The molecule has 2 aromatic heterocycles. The molecule has 0 saturated heterocycles. The van der Waals surface area contributed by atoms with E-state index in [1.807, 2.05) is 55.0 Å². The fraction of sp³-hybridized carbons (Fsp3) is 0.143. The molecule has 0 aliphatic heterocycles. The fourth-order valence-corrected chi connectivity index (χ4v) is 2.93. The number of para-hydroxylation sites is 1. The van der Waals surface area contributed by atoms with Crippen molar-refractivity contribution in [1.82, 2.24) is 14.5 Å². The number of benzene rings is 2. The van der Waals surface area contributed by atoms with Crippen LogP contribution in [0.2, 0.25) is 0 Å². The van der Waals surface area contributed by atoms with Gasteiger partial charge in [-0.1, -0.05) is 60.7 Å². The van der Waals surface area contributed by atoms with Gasteiger partial charge in [-0.2, -0.15) is 0 Å². The zero-order valence-electron chi connectivity index (χ0n) is 13.9. The van der Waals surface area contributed by atoms with Crippen molar-refractivity contribution < 1.29 is 4.74 Å². The molecule has 4 heteroatoms. The highest BCUT2D eigenvalue weighted by Gasteiger charge is 2.07. The Bertz CT molecular complexity index is 1010. The lowest BCUT2D eigenvalue weighted by atomic mass is 10.2. The summed E-state index contributed by atoms with van der Waals surface area (Å²) in [5, 5.41) is 1.13. The van der Waals surface area contributed by atoms with Crippen molar-refractivity contribution in [3.05, 3.63) is 78.8 Å². The van der Waals surface area contributed by atoms with Gasteiger partial charge in [0.05, 0.1) is 36.8 Å². The van der Waals surface area contributed by atoms with E-state index >= 15 is 0 Å². The van der Waals surface area contributed by atoms with E-state index in [2.05, 4.69) is 38.8 Å². The molecule has 0 N–H and O–H groups in total. The Balaban J connectivity index is 1.40. The first-order valence-electron chi connectivity index (χ1n) is 8.40. The monoisotopic (exact) mass is 329 g/mol. The van der Waals surface area contributed by atoms with Crippen LogP contribution in [0.1, 0.15) is 5.56 Å². The summed E-state index contributed by atoms with van der Waals surface area (Å²) in [6, 6.07) is 18.4. The van der Waals surface area contributed by atoms with Crippen LogP contribution in [0.5, 0.6) is 0 Å². The maximum absolute atomic E-state index is 5.74. The third kappa shape index (κ3) is 3.44. The van der Waals surface area contributed by atoms with Gasteiger partial charge in [-0.25, -0.2) is 4.98 Å². The molecule has 0 saturated carbocycles. The maximum atomic E-state index is 5.74. The van der Waals surface area contributed by atoms with E-state index in [0.717, 1.165) is 28.5 Å². The summed E-state index contributed by atoms with van der Waals surface area (Å²) in [5.74, 6) is 0. The van der Waals surface area contributed by atoms with Gasteiger partial charge in [0.2, 0.25) is 0 Å². The summed E-state index contributed by atoms with van der Waals surface area (Å²) >= 11 is 0. The summed E-state index contributed by atoms with van der Waals surface area (Å²) in [7, 11) is 0. The molecule has 0 amide bonds. The van der Waals surface area contributed by atoms with E-state index in [1.54, 1.807) is 0 Å². The van der Waals surface area contributed by atoms with E-state index in [9.17, 15) is 0 Å². The quantitative estimate of drug-likeness (QED) is 0.495. The Morgan fingerprint density at radius 2 is 1.76 bits per heavy atom. The minimum absolute atomic E-state index is 0.601. The summed E-state index contributed by atoms with van der Waals surface area (Å²) in [5.41, 5.74) is 4.21. The second kappa shape index (κ2) is 7.28. The van der Waals surface area contributed by atoms with Crippen molar-refractivity contribution in [2.24, 2.45) is 0 Å². The molecule has 124 valence electrons. The average molecular weight is 329 g/mol. The normalized spacial score (nSPS) is 11.7. The number of fused-ring (bicyclic) bond motifs is 3. The van der Waals surface area contributed by atoms with Crippen LogP contribution in [-0.2, 0) is 11.3 Å². The number of nitrogens with zero attached hydrogens (tertiary/aromatic N) is 3. The molecule has 0 radical (unpaired) electrons. The number of pyridine rings is 1. The summed E-state index contributed by atoms with van der Waals surface area (Å²) in [4.78, 5) is 8.91. The van der Waals surface area contributed by atoms with Crippen molar-refractivity contribution >= 4 is 28.0 Å². The Hall–Kier alpha value is -2.98. The van der Waals surface area contributed by atoms with E-state index in [1.165, 1.54) is 5.56 Å². The smallest absolute Gasteiger partial charge is 0.107 e. The molecule has 0 atom stereocenters. The molecule has 0 aliphatic rings. The molecule has 0 aliphatic carbocycles. The molecular weight excluding hydrogens is 310 g/mol. The van der Waals surface area contributed by atoms with E-state index < -0.39 is 0 Å². The Kier molecular flexibility index (Phi) is 4.53. The predicted octanol–water partition coefficient (Wildman–Crippen LogP) is 4.31. The van der Waals surface area contributed by atoms with Crippen molar-refractivity contribution in [1.29, 1.82) is 0 Å². The summed E-state index contributed by atoms with van der Waals surface area (Å²) in [6.07, 6.45) is 7.81. The molecule has 4 nitrogen and oxygen atoms in total. The highest BCUT2D eigenvalue weighted by atomic mass is 16.5. The van der Waals surface area contributed by atoms with Crippen LogP contribution in [0.15, 0.2) is 73.2 Å². The van der Waals surface area contributed by atoms with Gasteiger partial charge in [-0.15, -0.1) is 0 Å². The molecule has 0 unspecified atom stereocenters. The molecule has 4 aromatic rings. The van der Waals surface area contributed by atoms with E-state index in [0.29, 0.717) is 13.2 Å². The largest absolute Gasteiger partial charge is 0.376 e. The van der Waals surface area contributed by atoms with Crippen LogP contribution in [0.3, 0.4) is 0 Å². The average Bonchev–Trinajstić information content (AvgIpc) is 3.09. The third-order valence-electron chi connectivity index (χ3n) is 4.15. The molecule has 2 heterocycles. The first-order valence-corrected chi connectivity index (χ1v) is 8.40. The van der Waals surface area contributed by atoms with Crippen LogP contribution in [-0.4, -0.2) is 27.7 Å². The number of aromatic nitrogens is 3. The van der Waals surface area contributed by atoms with Crippen LogP contribution >= 0.6 is 0 Å². The first kappa shape index (κ1) is 15.5. The zero-order valence-corrected chi connectivity index (χ0v) is 13.9. The molecule has 0 fully saturated rings. The van der Waals surface area contributed by atoms with Crippen molar-refractivity contribution in [2.75, 3.05) is 13.2 Å². The Morgan fingerprint density at radius 1 is 0.920 bits per heavy atom. The van der Waals surface area contributed by atoms with Crippen molar-refractivity contribution in [3.63, 3.8) is 0 Å². The fourth-order valence-electron chi connectivity index (χ4n) is 2.93. The number of ether oxygens (including phenoxy) is 1. The second-order valence-electron chi connectivity index (χ2n) is 5.84. The van der Waals surface area contributed by atoms with Gasteiger partial charge in [0.1, 0.15) is 5.52 Å². The molecule has 4 rings (SSSR count). The molecule has 2 aromatic carbocycles. The Labute approximate surface area is 146 Å². The number of rotatable bonds is 6. The minimum atomic E-state index is 0.601. The Morgan fingerprint density at radius 3 is 2.68 bits per heavy atom. The van der Waals surface area contributed by atoms with Crippen LogP contribution in [0.4, 0.5) is 0 Å². The van der Waals surface area contributed by atoms with Gasteiger partial charge < -0.3 is 9.30 Å². The highest BCUT2D eigenvalue weighted by Crippen LogP contribution is 2.22. The zero-order chi connectivity index (χ0) is 16.9. The predicted molar refractivity (Wildman–Crippen MR) is 101 cm³/mol. The van der Waals surface area contributed by atoms with Gasteiger partial charge >= 0.3 is 0 Å². The highest BCUT2D eigenvalue weighted by molar-refractivity contribution is 6.01. The number of hydrogen-bond donors (Lipinski definition) is 0. The van der Waals surface area contributed by atoms with Gasteiger partial charge in [-0.3, -0.25) is 4.98 Å².